The highest BCUT2D eigenvalue weighted by atomic mass is 79.9. The van der Waals surface area contributed by atoms with Crippen molar-refractivity contribution in [2.45, 2.75) is 0 Å². The second-order valence-electron chi connectivity index (χ2n) is 1.87. The van der Waals surface area contributed by atoms with Gasteiger partial charge < -0.3 is 0 Å². The van der Waals surface area contributed by atoms with Gasteiger partial charge in [-0.15, -0.1) is 0 Å². The third-order valence-electron chi connectivity index (χ3n) is 1.20. The number of hydrogen-bond acceptors (Lipinski definition) is 1. The van der Waals surface area contributed by atoms with E-state index in [1.54, 1.807) is 12.1 Å². The second kappa shape index (κ2) is 3.57. The van der Waals surface area contributed by atoms with E-state index in [2.05, 4.69) is 15.9 Å². The van der Waals surface area contributed by atoms with Gasteiger partial charge >= 0.3 is 0 Å². The molecule has 0 saturated carbocycles. The molecule has 0 aliphatic carbocycles. The largest absolute Gasteiger partial charge is 0.298 e. The van der Waals surface area contributed by atoms with Crippen LogP contribution in [-0.4, -0.2) is 6.29 Å². The van der Waals surface area contributed by atoms with Crippen LogP contribution in [0.3, 0.4) is 0 Å². The number of carbonyl (C=O) groups is 1. The minimum Gasteiger partial charge on any atom is -0.298 e. The van der Waals surface area contributed by atoms with Crippen molar-refractivity contribution in [3.63, 3.8) is 0 Å². The van der Waals surface area contributed by atoms with Gasteiger partial charge in [0.15, 0.2) is 6.29 Å². The maximum absolute atomic E-state index is 10.4. The molecular weight excluding hydrogens is 251 g/mol. The van der Waals surface area contributed by atoms with Crippen molar-refractivity contribution in [3.8, 4) is 0 Å². The van der Waals surface area contributed by atoms with Gasteiger partial charge in [-0.2, -0.15) is 0 Å². The molecule has 0 spiro atoms. The van der Waals surface area contributed by atoms with E-state index >= 15 is 0 Å². The van der Waals surface area contributed by atoms with E-state index in [-0.39, 0.29) is 5.02 Å². The molecular formula is C7H3BrCl2O. The number of hydrogen-bond donors (Lipinski definition) is 0. The average molecular weight is 254 g/mol. The number of benzene rings is 1. The van der Waals surface area contributed by atoms with Crippen molar-refractivity contribution in [3.05, 3.63) is 32.2 Å². The summed E-state index contributed by atoms with van der Waals surface area (Å²) in [6.45, 7) is 0. The lowest BCUT2D eigenvalue weighted by atomic mass is 10.2. The SMILES string of the molecule is O=Cc1c(Br)ccc(Cl)c1Cl. The van der Waals surface area contributed by atoms with Crippen molar-refractivity contribution in [2.75, 3.05) is 0 Å². The summed E-state index contributed by atoms with van der Waals surface area (Å²) < 4.78 is 0.655. The molecule has 1 aromatic carbocycles. The summed E-state index contributed by atoms with van der Waals surface area (Å²) >= 11 is 14.5. The van der Waals surface area contributed by atoms with Gasteiger partial charge in [-0.3, -0.25) is 4.79 Å². The van der Waals surface area contributed by atoms with Crippen LogP contribution < -0.4 is 0 Å². The van der Waals surface area contributed by atoms with Gasteiger partial charge in [-0.1, -0.05) is 39.1 Å². The maximum atomic E-state index is 10.4. The molecule has 0 heterocycles. The van der Waals surface area contributed by atoms with Gasteiger partial charge in [-0.05, 0) is 12.1 Å². The zero-order chi connectivity index (χ0) is 8.43. The Labute approximate surface area is 82.4 Å². The highest BCUT2D eigenvalue weighted by molar-refractivity contribution is 9.10. The van der Waals surface area contributed by atoms with Crippen LogP contribution in [0.5, 0.6) is 0 Å². The van der Waals surface area contributed by atoms with E-state index in [1.165, 1.54) is 0 Å². The highest BCUT2D eigenvalue weighted by Crippen LogP contribution is 2.29. The molecule has 0 radical (unpaired) electrons. The van der Waals surface area contributed by atoms with Crippen molar-refractivity contribution in [1.29, 1.82) is 0 Å². The van der Waals surface area contributed by atoms with E-state index in [1.807, 2.05) is 0 Å². The molecule has 0 amide bonds. The van der Waals surface area contributed by atoms with Crippen LogP contribution >= 0.6 is 39.1 Å². The number of halogens is 3. The Kier molecular flexibility index (Phi) is 2.93. The fourth-order valence-electron chi connectivity index (χ4n) is 0.651. The molecule has 0 aromatic heterocycles. The van der Waals surface area contributed by atoms with Gasteiger partial charge in [0.05, 0.1) is 10.0 Å². The standard InChI is InChI=1S/C7H3BrCl2O/c8-5-1-2-6(9)7(10)4(5)3-11/h1-3H. The van der Waals surface area contributed by atoms with Crippen LogP contribution in [0, 0.1) is 0 Å². The van der Waals surface area contributed by atoms with Gasteiger partial charge in [-0.25, -0.2) is 0 Å². The van der Waals surface area contributed by atoms with E-state index in [0.717, 1.165) is 0 Å². The van der Waals surface area contributed by atoms with Crippen LogP contribution in [0.15, 0.2) is 16.6 Å². The first-order valence-electron chi connectivity index (χ1n) is 2.75. The molecule has 0 N–H and O–H groups in total. The normalized spacial score (nSPS) is 9.73. The third kappa shape index (κ3) is 1.75. The average Bonchev–Trinajstić information content (AvgIpc) is 1.99. The van der Waals surface area contributed by atoms with Crippen molar-refractivity contribution >= 4 is 45.4 Å². The summed E-state index contributed by atoms with van der Waals surface area (Å²) in [4.78, 5) is 10.4. The fourth-order valence-corrected chi connectivity index (χ4v) is 1.56. The molecule has 1 nitrogen and oxygen atoms in total. The van der Waals surface area contributed by atoms with Crippen molar-refractivity contribution in [2.24, 2.45) is 0 Å². The Hall–Kier alpha value is -0.0500. The first-order chi connectivity index (χ1) is 5.16. The highest BCUT2D eigenvalue weighted by Gasteiger charge is 2.06. The van der Waals surface area contributed by atoms with E-state index in [9.17, 15) is 4.79 Å². The Morgan fingerprint density at radius 3 is 2.45 bits per heavy atom. The zero-order valence-electron chi connectivity index (χ0n) is 5.27. The van der Waals surface area contributed by atoms with E-state index in [4.69, 9.17) is 23.2 Å². The fraction of sp³-hybridized carbons (Fsp3) is 0. The zero-order valence-corrected chi connectivity index (χ0v) is 8.37. The summed E-state index contributed by atoms with van der Waals surface area (Å²) in [5.41, 5.74) is 0.388. The number of rotatable bonds is 1. The Balaban J connectivity index is 3.40. The predicted octanol–water partition coefficient (Wildman–Crippen LogP) is 3.57. The van der Waals surface area contributed by atoms with Gasteiger partial charge in [0.2, 0.25) is 0 Å². The molecule has 11 heavy (non-hydrogen) atoms. The first-order valence-corrected chi connectivity index (χ1v) is 4.30. The molecule has 0 bridgehead atoms. The summed E-state index contributed by atoms with van der Waals surface area (Å²) in [7, 11) is 0. The van der Waals surface area contributed by atoms with Crippen molar-refractivity contribution < 1.29 is 4.79 Å². The van der Waals surface area contributed by atoms with Crippen LogP contribution in [0.25, 0.3) is 0 Å². The summed E-state index contributed by atoms with van der Waals surface area (Å²) in [6.07, 6.45) is 0.665. The van der Waals surface area contributed by atoms with Crippen LogP contribution in [0.2, 0.25) is 10.0 Å². The van der Waals surface area contributed by atoms with Gasteiger partial charge in [0, 0.05) is 10.0 Å². The molecule has 1 aromatic rings. The lowest BCUT2D eigenvalue weighted by Gasteiger charge is -2.00. The Morgan fingerprint density at radius 1 is 1.36 bits per heavy atom. The summed E-state index contributed by atoms with van der Waals surface area (Å²) in [5.74, 6) is 0. The Bertz CT molecular complexity index is 299. The third-order valence-corrected chi connectivity index (χ3v) is 2.71. The van der Waals surface area contributed by atoms with Crippen LogP contribution in [0.4, 0.5) is 0 Å². The minimum absolute atomic E-state index is 0.288. The van der Waals surface area contributed by atoms with Gasteiger partial charge in [0.25, 0.3) is 0 Å². The molecule has 0 aliphatic heterocycles. The number of aldehydes is 1. The topological polar surface area (TPSA) is 17.1 Å². The first kappa shape index (κ1) is 9.04. The summed E-state index contributed by atoms with van der Waals surface area (Å²) in [6, 6.07) is 3.30. The molecule has 0 fully saturated rings. The predicted molar refractivity (Wildman–Crippen MR) is 49.5 cm³/mol. The smallest absolute Gasteiger partial charge is 0.152 e. The monoisotopic (exact) mass is 252 g/mol. The van der Waals surface area contributed by atoms with Crippen molar-refractivity contribution in [1.82, 2.24) is 0 Å². The molecule has 4 heteroatoms. The Morgan fingerprint density at radius 2 is 2.00 bits per heavy atom. The summed E-state index contributed by atoms with van der Waals surface area (Å²) in [5, 5.41) is 0.674. The van der Waals surface area contributed by atoms with Crippen LogP contribution in [0.1, 0.15) is 10.4 Å². The quantitative estimate of drug-likeness (QED) is 0.553. The molecule has 0 saturated heterocycles. The molecule has 0 atom stereocenters. The van der Waals surface area contributed by atoms with E-state index in [0.29, 0.717) is 21.3 Å². The maximum Gasteiger partial charge on any atom is 0.152 e. The molecule has 58 valence electrons. The molecule has 0 aliphatic rings. The van der Waals surface area contributed by atoms with Crippen LogP contribution in [-0.2, 0) is 0 Å². The lowest BCUT2D eigenvalue weighted by Crippen LogP contribution is -1.84. The minimum atomic E-state index is 0.288. The van der Waals surface area contributed by atoms with Gasteiger partial charge in [0.1, 0.15) is 0 Å². The molecule has 1 rings (SSSR count). The second-order valence-corrected chi connectivity index (χ2v) is 3.51. The lowest BCUT2D eigenvalue weighted by molar-refractivity contribution is 0.112. The molecule has 0 unspecified atom stereocenters. The number of carbonyl (C=O) groups excluding carboxylic acids is 1. The van der Waals surface area contributed by atoms with E-state index < -0.39 is 0 Å².